The van der Waals surface area contributed by atoms with Gasteiger partial charge in [-0.1, -0.05) is 29.9 Å². The maximum Gasteiger partial charge on any atom is 0.260 e. The molecular weight excluding hydrogens is 300 g/mol. The number of rotatable bonds is 3. The van der Waals surface area contributed by atoms with Crippen molar-refractivity contribution in [2.45, 2.75) is 30.8 Å². The number of halogens is 1. The van der Waals surface area contributed by atoms with Gasteiger partial charge in [-0.05, 0) is 31.2 Å². The molecule has 0 amide bonds. The molecule has 3 nitrogen and oxygen atoms in total. The van der Waals surface area contributed by atoms with E-state index in [-0.39, 0.29) is 5.56 Å². The van der Waals surface area contributed by atoms with Gasteiger partial charge in [0.25, 0.3) is 5.56 Å². The van der Waals surface area contributed by atoms with Gasteiger partial charge < -0.3 is 4.98 Å². The molecule has 0 aromatic carbocycles. The van der Waals surface area contributed by atoms with E-state index in [1.165, 1.54) is 35.0 Å². The van der Waals surface area contributed by atoms with Crippen molar-refractivity contribution in [2.24, 2.45) is 0 Å². The molecule has 0 spiro atoms. The van der Waals surface area contributed by atoms with Crippen LogP contribution < -0.4 is 5.56 Å². The zero-order chi connectivity index (χ0) is 13.4. The average Bonchev–Trinajstić information content (AvgIpc) is 2.74. The molecule has 0 radical (unpaired) electrons. The molecule has 0 saturated carbocycles. The fourth-order valence-corrected chi connectivity index (χ4v) is 4.46. The van der Waals surface area contributed by atoms with Gasteiger partial charge in [-0.3, -0.25) is 4.79 Å². The molecule has 2 aromatic rings. The first kappa shape index (κ1) is 13.2. The number of aromatic amines is 1. The third-order valence-corrected chi connectivity index (χ3v) is 5.61. The zero-order valence-corrected chi connectivity index (χ0v) is 12.7. The lowest BCUT2D eigenvalue weighted by Gasteiger charge is -2.09. The van der Waals surface area contributed by atoms with Crippen molar-refractivity contribution < 1.29 is 0 Å². The summed E-state index contributed by atoms with van der Waals surface area (Å²) >= 11 is 8.81. The minimum Gasteiger partial charge on any atom is -0.301 e. The van der Waals surface area contributed by atoms with Gasteiger partial charge in [0, 0.05) is 15.7 Å². The maximum absolute atomic E-state index is 12.2. The summed E-state index contributed by atoms with van der Waals surface area (Å²) in [6.07, 6.45) is 4.47. The Hall–Kier alpha value is -0.780. The molecule has 1 aliphatic carbocycles. The fraction of sp³-hybridized carbons (Fsp3) is 0.385. The highest BCUT2D eigenvalue weighted by atomic mass is 35.5. The van der Waals surface area contributed by atoms with Crippen LogP contribution in [0, 0.1) is 0 Å². The third kappa shape index (κ3) is 2.59. The number of aromatic nitrogens is 2. The Balaban J connectivity index is 2.06. The fourth-order valence-electron chi connectivity index (χ4n) is 2.36. The molecular formula is C13H13ClN2OS2. The molecule has 2 aromatic heterocycles. The molecule has 2 heterocycles. The Morgan fingerprint density at radius 1 is 1.47 bits per heavy atom. The highest BCUT2D eigenvalue weighted by molar-refractivity contribution is 7.99. The van der Waals surface area contributed by atoms with Crippen LogP contribution in [0.2, 0.25) is 0 Å². The number of fused-ring (bicyclic) bond motifs is 3. The summed E-state index contributed by atoms with van der Waals surface area (Å²) in [7, 11) is 0. The summed E-state index contributed by atoms with van der Waals surface area (Å²) in [4.78, 5) is 21.8. The van der Waals surface area contributed by atoms with Gasteiger partial charge in [-0.15, -0.1) is 11.3 Å². The maximum atomic E-state index is 12.2. The predicted molar refractivity (Wildman–Crippen MR) is 82.6 cm³/mol. The Bertz CT molecular complexity index is 704. The minimum absolute atomic E-state index is 0.0212. The van der Waals surface area contributed by atoms with Gasteiger partial charge in [0.15, 0.2) is 5.16 Å². The van der Waals surface area contributed by atoms with Gasteiger partial charge in [-0.25, -0.2) is 4.98 Å². The van der Waals surface area contributed by atoms with E-state index in [1.807, 2.05) is 0 Å². The van der Waals surface area contributed by atoms with E-state index in [1.54, 1.807) is 11.3 Å². The summed E-state index contributed by atoms with van der Waals surface area (Å²) in [5.41, 5.74) is 1.20. The van der Waals surface area contributed by atoms with Crippen molar-refractivity contribution in [1.29, 1.82) is 0 Å². The number of H-pyrrole nitrogens is 1. The number of thioether (sulfide) groups is 1. The van der Waals surface area contributed by atoms with Crippen LogP contribution in [0.4, 0.5) is 0 Å². The standard InChI is InChI=1S/C13H13ClN2OS2/c1-7(14)6-18-13-15-11(17)10-8-4-2-3-5-9(8)19-12(10)16-13/h1-6H2,(H,15,16,17). The van der Waals surface area contributed by atoms with Crippen molar-refractivity contribution in [3.63, 3.8) is 0 Å². The van der Waals surface area contributed by atoms with E-state index in [9.17, 15) is 4.79 Å². The second-order valence-corrected chi connectivity index (χ2v) is 7.15. The molecule has 6 heteroatoms. The Labute approximate surface area is 124 Å². The highest BCUT2D eigenvalue weighted by Crippen LogP contribution is 2.34. The number of hydrogen-bond acceptors (Lipinski definition) is 4. The van der Waals surface area contributed by atoms with Gasteiger partial charge in [0.2, 0.25) is 0 Å². The van der Waals surface area contributed by atoms with Crippen molar-refractivity contribution >= 4 is 44.9 Å². The molecule has 0 saturated heterocycles. The lowest BCUT2D eigenvalue weighted by Crippen LogP contribution is -2.11. The number of aryl methyl sites for hydroxylation is 2. The quantitative estimate of drug-likeness (QED) is 0.694. The van der Waals surface area contributed by atoms with Crippen LogP contribution >= 0.6 is 34.7 Å². The summed E-state index contributed by atoms with van der Waals surface area (Å²) < 4.78 is 0. The van der Waals surface area contributed by atoms with Crippen molar-refractivity contribution in [3.05, 3.63) is 32.4 Å². The lowest BCUT2D eigenvalue weighted by molar-refractivity contribution is 0.700. The molecule has 100 valence electrons. The molecule has 1 N–H and O–H groups in total. The molecule has 0 bridgehead atoms. The first-order valence-corrected chi connectivity index (χ1v) is 8.34. The van der Waals surface area contributed by atoms with Crippen molar-refractivity contribution in [2.75, 3.05) is 5.75 Å². The molecule has 0 unspecified atom stereocenters. The molecule has 19 heavy (non-hydrogen) atoms. The van der Waals surface area contributed by atoms with Crippen LogP contribution in [-0.4, -0.2) is 15.7 Å². The van der Waals surface area contributed by atoms with E-state index in [0.717, 1.165) is 23.1 Å². The summed E-state index contributed by atoms with van der Waals surface area (Å²) in [6.45, 7) is 3.64. The normalized spacial score (nSPS) is 14.6. The van der Waals surface area contributed by atoms with Crippen LogP contribution in [0.3, 0.4) is 0 Å². The molecule has 1 aliphatic rings. The first-order valence-electron chi connectivity index (χ1n) is 6.16. The number of nitrogens with one attached hydrogen (secondary N) is 1. The molecule has 0 aliphatic heterocycles. The third-order valence-electron chi connectivity index (χ3n) is 3.17. The van der Waals surface area contributed by atoms with E-state index in [4.69, 9.17) is 11.6 Å². The van der Waals surface area contributed by atoms with Crippen LogP contribution in [0.1, 0.15) is 23.3 Å². The van der Waals surface area contributed by atoms with Gasteiger partial charge in [0.1, 0.15) is 4.83 Å². The van der Waals surface area contributed by atoms with E-state index < -0.39 is 0 Å². The van der Waals surface area contributed by atoms with E-state index >= 15 is 0 Å². The van der Waals surface area contributed by atoms with Gasteiger partial charge in [-0.2, -0.15) is 0 Å². The van der Waals surface area contributed by atoms with Crippen LogP contribution in [0.15, 0.2) is 21.6 Å². The number of nitrogens with zero attached hydrogens (tertiary/aromatic N) is 1. The van der Waals surface area contributed by atoms with Crippen LogP contribution in [0.5, 0.6) is 0 Å². The van der Waals surface area contributed by atoms with Crippen molar-refractivity contribution in [3.8, 4) is 0 Å². The monoisotopic (exact) mass is 312 g/mol. The second kappa shape index (κ2) is 5.31. The first-order chi connectivity index (χ1) is 9.15. The summed E-state index contributed by atoms with van der Waals surface area (Å²) in [5, 5.41) is 1.98. The Morgan fingerprint density at radius 3 is 3.05 bits per heavy atom. The van der Waals surface area contributed by atoms with Gasteiger partial charge >= 0.3 is 0 Å². The Kier molecular flexibility index (Phi) is 3.69. The highest BCUT2D eigenvalue weighted by Gasteiger charge is 2.19. The average molecular weight is 313 g/mol. The van der Waals surface area contributed by atoms with E-state index in [2.05, 4.69) is 16.5 Å². The van der Waals surface area contributed by atoms with Crippen molar-refractivity contribution in [1.82, 2.24) is 9.97 Å². The Morgan fingerprint density at radius 2 is 2.26 bits per heavy atom. The molecule has 3 rings (SSSR count). The lowest BCUT2D eigenvalue weighted by atomic mass is 9.97. The van der Waals surface area contributed by atoms with Crippen LogP contribution in [0.25, 0.3) is 10.2 Å². The summed E-state index contributed by atoms with van der Waals surface area (Å²) in [6, 6.07) is 0. The smallest absolute Gasteiger partial charge is 0.260 e. The minimum atomic E-state index is -0.0212. The molecule has 0 fully saturated rings. The zero-order valence-electron chi connectivity index (χ0n) is 10.3. The SMILES string of the molecule is C=C(Cl)CSc1nc2sc3c(c2c(=O)[nH]1)CCCC3. The van der Waals surface area contributed by atoms with E-state index in [0.29, 0.717) is 15.9 Å². The topological polar surface area (TPSA) is 45.8 Å². The largest absolute Gasteiger partial charge is 0.301 e. The number of hydrogen-bond donors (Lipinski definition) is 1. The molecule has 0 atom stereocenters. The summed E-state index contributed by atoms with van der Waals surface area (Å²) in [5.74, 6) is 0.557. The van der Waals surface area contributed by atoms with Crippen LogP contribution in [-0.2, 0) is 12.8 Å². The van der Waals surface area contributed by atoms with Gasteiger partial charge in [0.05, 0.1) is 5.39 Å². The number of thiophene rings is 1. The second-order valence-electron chi connectivity index (χ2n) is 4.57. The predicted octanol–water partition coefficient (Wildman–Crippen LogP) is 3.71.